The fourth-order valence-corrected chi connectivity index (χ4v) is 9.68. The number of anilines is 2. The van der Waals surface area contributed by atoms with Crippen LogP contribution in [0.5, 0.6) is 0 Å². The molecule has 3 aromatic rings. The highest BCUT2D eigenvalue weighted by atomic mass is 32.2. The van der Waals surface area contributed by atoms with Crippen LogP contribution in [-0.2, 0) is 68.5 Å². The average molecular weight is 982 g/mol. The summed E-state index contributed by atoms with van der Waals surface area (Å²) in [6.07, 6.45) is 7.98. The number of rotatable bonds is 25. The molecule has 1 saturated heterocycles. The van der Waals surface area contributed by atoms with Crippen LogP contribution in [0.15, 0.2) is 79.3 Å². The number of carbonyl (C=O) groups is 3. The molecule has 0 radical (unpaired) electrons. The molecule has 19 nitrogen and oxygen atoms in total. The van der Waals surface area contributed by atoms with Crippen molar-refractivity contribution in [2.75, 3.05) is 76.8 Å². The minimum Gasteiger partial charge on any atom is -0.744 e. The minimum atomic E-state index is -4.86. The molecular weight excluding hydrogens is 927 g/mol. The van der Waals surface area contributed by atoms with Crippen LogP contribution in [0.3, 0.4) is 0 Å². The topological polar surface area (TPSA) is 240 Å². The predicted molar refractivity (Wildman–Crippen MR) is 245 cm³/mol. The van der Waals surface area contributed by atoms with E-state index in [-0.39, 0.29) is 42.9 Å². The van der Waals surface area contributed by atoms with Gasteiger partial charge >= 0.3 is 5.97 Å². The molecule has 1 fully saturated rings. The van der Waals surface area contributed by atoms with E-state index < -0.39 is 54.5 Å². The van der Waals surface area contributed by atoms with Gasteiger partial charge in [-0.1, -0.05) is 26.7 Å². The first-order valence-electron chi connectivity index (χ1n) is 22.0. The summed E-state index contributed by atoms with van der Waals surface area (Å²) in [5, 5.41) is 14.5. The molecule has 3 aliphatic heterocycles. The van der Waals surface area contributed by atoms with Gasteiger partial charge in [0, 0.05) is 85.1 Å². The molecule has 1 unspecified atom stereocenters. The molecule has 0 saturated carbocycles. The summed E-state index contributed by atoms with van der Waals surface area (Å²) >= 11 is 0.769. The summed E-state index contributed by atoms with van der Waals surface area (Å²) in [5.74, 6) is -1.88. The lowest BCUT2D eigenvalue weighted by molar-refractivity contribution is -0.777. The summed E-state index contributed by atoms with van der Waals surface area (Å²) in [6, 6.07) is 9.69. The van der Waals surface area contributed by atoms with Crippen LogP contribution in [0.25, 0.3) is 12.2 Å². The summed E-state index contributed by atoms with van der Waals surface area (Å²) < 4.78 is 63.3. The Morgan fingerprint density at radius 1 is 0.735 bits per heavy atom. The molecule has 68 heavy (non-hydrogen) atoms. The van der Waals surface area contributed by atoms with Gasteiger partial charge in [0.2, 0.25) is 10.9 Å². The van der Waals surface area contributed by atoms with Crippen molar-refractivity contribution in [1.82, 2.24) is 5.06 Å². The van der Waals surface area contributed by atoms with Gasteiger partial charge in [0.15, 0.2) is 0 Å². The number of nitrogens with zero attached hydrogens (tertiary/aromatic N) is 3. The lowest BCUT2D eigenvalue weighted by atomic mass is 9.77. The zero-order chi connectivity index (χ0) is 49.2. The Labute approximate surface area is 398 Å². The molecule has 3 heterocycles. The Morgan fingerprint density at radius 3 is 1.90 bits per heavy atom. The molecule has 0 bridgehead atoms. The zero-order valence-corrected chi connectivity index (χ0v) is 40.2. The molecule has 21 heteroatoms. The quantitative estimate of drug-likeness (QED) is 0.0295. The molecule has 0 N–H and O–H groups in total. The van der Waals surface area contributed by atoms with E-state index in [2.05, 4.69) is 9.37 Å². The number of imide groups is 1. The summed E-state index contributed by atoms with van der Waals surface area (Å²) in [6.45, 7) is 8.63. The van der Waals surface area contributed by atoms with E-state index in [0.717, 1.165) is 29.0 Å². The number of carbonyl (C=O) groups excluding carboxylic acids is 3. The van der Waals surface area contributed by atoms with Crippen molar-refractivity contribution in [3.05, 3.63) is 102 Å². The Balaban J connectivity index is 1.33. The Morgan fingerprint density at radius 2 is 1.31 bits per heavy atom. The van der Waals surface area contributed by atoms with Gasteiger partial charge in [-0.2, -0.15) is 4.33 Å². The number of fused-ring (bicyclic) bond motifs is 2. The maximum absolute atomic E-state index is 13.9. The highest BCUT2D eigenvalue weighted by Crippen LogP contribution is 2.52. The standard InChI is InChI=1S/C47H57N3O16S2/c1-46(2)35-29-31(67-66-65-56)10-14-37(35)48(21-23-62-27-25-60-4)39(46)16-12-33-44(54)34(45(33)55)13-17-40-47(3,20-8-6-7-9-43(53)64-50-41(51)18-19-42(50)52)36-30-32(68(57,58)59)11-15-38(36)49(40)22-24-63-28-26-61-5/h10-17,29-30,56H,6-9,18-28H2,1-5H3,(H,57,58,59)/p-2. The number of hydroxylamine groups is 2. The predicted octanol–water partition coefficient (Wildman–Crippen LogP) is 2.21. The minimum absolute atomic E-state index is 0.0226. The number of amides is 2. The van der Waals surface area contributed by atoms with Gasteiger partial charge < -0.3 is 43.4 Å². The van der Waals surface area contributed by atoms with Crippen LogP contribution in [0.4, 0.5) is 11.4 Å². The highest BCUT2D eigenvalue weighted by molar-refractivity contribution is 7.94. The van der Waals surface area contributed by atoms with Gasteiger partial charge in [0.25, 0.3) is 11.8 Å². The molecular formula is C47H55N3O16S2-2. The van der Waals surface area contributed by atoms with Crippen molar-refractivity contribution >= 4 is 63.5 Å². The van der Waals surface area contributed by atoms with E-state index in [1.807, 2.05) is 42.7 Å². The lowest BCUT2D eigenvalue weighted by Gasteiger charge is -2.30. The number of allylic oxidation sites excluding steroid dienone is 4. The number of ether oxygens (including phenoxy) is 4. The molecule has 368 valence electrons. The second-order valence-corrected chi connectivity index (χ2v) is 19.2. The van der Waals surface area contributed by atoms with Crippen molar-refractivity contribution in [1.29, 1.82) is 0 Å². The second-order valence-electron chi connectivity index (χ2n) is 17.0. The van der Waals surface area contributed by atoms with E-state index >= 15 is 0 Å². The van der Waals surface area contributed by atoms with Crippen LogP contribution in [0, 0.1) is 0 Å². The number of methoxy groups -OCH3 is 2. The summed E-state index contributed by atoms with van der Waals surface area (Å²) in [5.41, 5.74) is 1.75. The Hall–Kier alpha value is -5.07. The summed E-state index contributed by atoms with van der Waals surface area (Å²) in [4.78, 5) is 73.2. The third kappa shape index (κ3) is 11.7. The van der Waals surface area contributed by atoms with Crippen LogP contribution in [0.1, 0.15) is 76.8 Å². The summed E-state index contributed by atoms with van der Waals surface area (Å²) in [7, 11) is -1.73. The average Bonchev–Trinajstić information content (AvgIpc) is 3.82. The number of hydrogen-bond acceptors (Lipinski definition) is 19. The molecule has 0 aliphatic carbocycles. The van der Waals surface area contributed by atoms with E-state index in [0.29, 0.717) is 92.2 Å². The van der Waals surface area contributed by atoms with Gasteiger partial charge in [0.05, 0.1) is 67.0 Å². The van der Waals surface area contributed by atoms with Gasteiger partial charge in [-0.25, -0.2) is 13.2 Å². The van der Waals surface area contributed by atoms with E-state index in [1.165, 1.54) is 24.3 Å². The molecule has 0 aromatic heterocycles. The molecule has 3 aliphatic rings. The van der Waals surface area contributed by atoms with Crippen molar-refractivity contribution in [3.63, 3.8) is 0 Å². The largest absolute Gasteiger partial charge is 0.744 e. The maximum atomic E-state index is 13.9. The van der Waals surface area contributed by atoms with Crippen LogP contribution in [0.2, 0.25) is 0 Å². The molecule has 2 amide bonds. The molecule has 3 aromatic carbocycles. The van der Waals surface area contributed by atoms with Crippen LogP contribution >= 0.6 is 12.0 Å². The highest BCUT2D eigenvalue weighted by Gasteiger charge is 2.44. The molecule has 6 rings (SSSR count). The number of unbranched alkanes of at least 4 members (excludes halogenated alkanes) is 2. The van der Waals surface area contributed by atoms with Crippen molar-refractivity contribution in [3.8, 4) is 0 Å². The van der Waals surface area contributed by atoms with E-state index in [4.69, 9.17) is 23.8 Å². The fraction of sp³-hybridized carbons (Fsp3) is 0.468. The van der Waals surface area contributed by atoms with Crippen LogP contribution in [-0.4, -0.2) is 103 Å². The zero-order valence-electron chi connectivity index (χ0n) is 38.6. The van der Waals surface area contributed by atoms with Crippen molar-refractivity contribution in [2.24, 2.45) is 0 Å². The fourth-order valence-electron chi connectivity index (χ4n) is 8.78. The van der Waals surface area contributed by atoms with Crippen molar-refractivity contribution < 1.29 is 65.8 Å². The first-order chi connectivity index (χ1) is 32.5. The first kappa shape index (κ1) is 52.3. The number of hydrogen-bond donors (Lipinski definition) is 0. The lowest BCUT2D eigenvalue weighted by Crippen LogP contribution is -2.64. The Kier molecular flexibility index (Phi) is 17.7. The third-order valence-corrected chi connectivity index (χ3v) is 13.8. The van der Waals surface area contributed by atoms with Gasteiger partial charge in [-0.15, -0.1) is 5.06 Å². The normalized spacial score (nSPS) is 18.9. The van der Waals surface area contributed by atoms with E-state index in [1.54, 1.807) is 38.5 Å². The van der Waals surface area contributed by atoms with Gasteiger partial charge in [-0.05, 0) is 91.6 Å². The number of benzene rings is 2. The van der Waals surface area contributed by atoms with E-state index in [9.17, 15) is 42.2 Å². The SMILES string of the molecule is COCCOCCN1C(=CC=c2c(=O)c(=CC=C3N(CCOCCOC)c4ccc(S(=O)(=O)[O-])cc4C3(C)CCCCCC(=O)ON3C(=O)CCC3=O)c2=O)C(C)(C)c2cc(SOO[O-])ccc21. The second kappa shape index (κ2) is 23.0. The molecule has 0 spiro atoms. The third-order valence-electron chi connectivity index (χ3n) is 12.4. The smallest absolute Gasteiger partial charge is 0.333 e. The first-order valence-corrected chi connectivity index (χ1v) is 24.2. The van der Waals surface area contributed by atoms with Gasteiger partial charge in [-0.3, -0.25) is 24.2 Å². The van der Waals surface area contributed by atoms with Crippen molar-refractivity contribution in [2.45, 2.75) is 86.3 Å². The van der Waals surface area contributed by atoms with Crippen LogP contribution < -0.4 is 36.4 Å². The maximum Gasteiger partial charge on any atom is 0.333 e. The Bertz CT molecular complexity index is 2680. The van der Waals surface area contributed by atoms with Gasteiger partial charge in [0.1, 0.15) is 10.1 Å². The monoisotopic (exact) mass is 981 g/mol. The molecule has 1 atom stereocenters.